The van der Waals surface area contributed by atoms with Crippen LogP contribution in [0.25, 0.3) is 11.1 Å². The molecule has 3 aromatic carbocycles. The molecule has 0 radical (unpaired) electrons. The molecular formula is C27H21Cl3N2O6S. The number of anilines is 1. The molecule has 1 aromatic heterocycles. The lowest BCUT2D eigenvalue weighted by Gasteiger charge is -2.25. The molecule has 0 spiro atoms. The third-order valence-corrected chi connectivity index (χ3v) is 7.46. The van der Waals surface area contributed by atoms with E-state index in [1.54, 1.807) is 48.5 Å². The van der Waals surface area contributed by atoms with Crippen LogP contribution in [0.3, 0.4) is 0 Å². The smallest absolute Gasteiger partial charge is 0.295 e. The van der Waals surface area contributed by atoms with Gasteiger partial charge in [0.25, 0.3) is 16.0 Å². The molecule has 0 bridgehead atoms. The number of furan rings is 1. The molecule has 1 heterocycles. The van der Waals surface area contributed by atoms with E-state index in [2.05, 4.69) is 5.32 Å². The SMILES string of the molecule is CC(=O)Nc1ccc(S(=O)(=O)O)c(-c2ccc(Cl)cc2CN(Cc2ccco2)C(=O)c2c(Cl)cccc2Cl)c1. The van der Waals surface area contributed by atoms with E-state index < -0.39 is 20.9 Å². The second-order valence-corrected chi connectivity index (χ2v) is 11.1. The van der Waals surface area contributed by atoms with Crippen LogP contribution >= 0.6 is 34.8 Å². The molecule has 202 valence electrons. The first-order valence-electron chi connectivity index (χ1n) is 11.4. The fourth-order valence-corrected chi connectivity index (χ4v) is 5.50. The summed E-state index contributed by atoms with van der Waals surface area (Å²) >= 11 is 19.0. The molecule has 8 nitrogen and oxygen atoms in total. The predicted molar refractivity (Wildman–Crippen MR) is 150 cm³/mol. The molecule has 0 atom stereocenters. The van der Waals surface area contributed by atoms with Gasteiger partial charge in [-0.2, -0.15) is 8.42 Å². The molecule has 0 saturated heterocycles. The van der Waals surface area contributed by atoms with Crippen molar-refractivity contribution in [3.63, 3.8) is 0 Å². The summed E-state index contributed by atoms with van der Waals surface area (Å²) in [6.07, 6.45) is 1.47. The van der Waals surface area contributed by atoms with Gasteiger partial charge in [-0.1, -0.05) is 46.9 Å². The van der Waals surface area contributed by atoms with Crippen molar-refractivity contribution >= 4 is 62.4 Å². The Hall–Kier alpha value is -3.34. The minimum Gasteiger partial charge on any atom is -0.467 e. The van der Waals surface area contributed by atoms with E-state index in [1.165, 1.54) is 36.3 Å². The van der Waals surface area contributed by atoms with Gasteiger partial charge in [0.05, 0.1) is 28.4 Å². The number of carbonyl (C=O) groups excluding carboxylic acids is 2. The number of carbonyl (C=O) groups is 2. The highest BCUT2D eigenvalue weighted by Gasteiger charge is 2.25. The Morgan fingerprint density at radius 2 is 1.64 bits per heavy atom. The van der Waals surface area contributed by atoms with Crippen molar-refractivity contribution in [1.82, 2.24) is 4.90 Å². The first-order valence-corrected chi connectivity index (χ1v) is 13.9. The Balaban J connectivity index is 1.87. The Kier molecular flexibility index (Phi) is 8.68. The van der Waals surface area contributed by atoms with Crippen LogP contribution in [-0.4, -0.2) is 29.7 Å². The maximum absolute atomic E-state index is 13.8. The van der Waals surface area contributed by atoms with Crippen molar-refractivity contribution in [2.45, 2.75) is 24.9 Å². The normalized spacial score (nSPS) is 11.3. The highest BCUT2D eigenvalue weighted by atomic mass is 35.5. The summed E-state index contributed by atoms with van der Waals surface area (Å²) in [5.41, 5.74) is 1.27. The van der Waals surface area contributed by atoms with E-state index in [1.807, 2.05) is 0 Å². The van der Waals surface area contributed by atoms with Gasteiger partial charge in [-0.15, -0.1) is 0 Å². The molecule has 0 saturated carbocycles. The second kappa shape index (κ2) is 11.8. The number of hydrogen-bond donors (Lipinski definition) is 2. The van der Waals surface area contributed by atoms with Crippen molar-refractivity contribution in [2.75, 3.05) is 5.32 Å². The summed E-state index contributed by atoms with van der Waals surface area (Å²) in [6.45, 7) is 1.25. The summed E-state index contributed by atoms with van der Waals surface area (Å²) in [6, 6.07) is 16.7. The molecule has 0 unspecified atom stereocenters. The molecule has 12 heteroatoms. The Morgan fingerprint density at radius 1 is 0.923 bits per heavy atom. The summed E-state index contributed by atoms with van der Waals surface area (Å²) in [7, 11) is -4.67. The Bertz CT molecular complexity index is 1640. The molecule has 0 aliphatic carbocycles. The lowest BCUT2D eigenvalue weighted by Crippen LogP contribution is -2.30. The van der Waals surface area contributed by atoms with Crippen molar-refractivity contribution < 1.29 is 27.0 Å². The van der Waals surface area contributed by atoms with Gasteiger partial charge in [-0.25, -0.2) is 0 Å². The van der Waals surface area contributed by atoms with Gasteiger partial charge in [0, 0.05) is 29.7 Å². The molecule has 4 aromatic rings. The number of hydrogen-bond acceptors (Lipinski definition) is 5. The van der Waals surface area contributed by atoms with Crippen molar-refractivity contribution in [3.05, 3.63) is 105 Å². The largest absolute Gasteiger partial charge is 0.467 e. The summed E-state index contributed by atoms with van der Waals surface area (Å²) in [5.74, 6) is -0.403. The molecule has 39 heavy (non-hydrogen) atoms. The monoisotopic (exact) mass is 606 g/mol. The number of nitrogens with one attached hydrogen (secondary N) is 1. The quantitative estimate of drug-likeness (QED) is 0.209. The van der Waals surface area contributed by atoms with E-state index in [-0.39, 0.29) is 40.2 Å². The number of amides is 2. The molecule has 4 rings (SSSR count). The Morgan fingerprint density at radius 3 is 2.26 bits per heavy atom. The van der Waals surface area contributed by atoms with Crippen LogP contribution in [0.5, 0.6) is 0 Å². The zero-order valence-electron chi connectivity index (χ0n) is 20.3. The minimum atomic E-state index is -4.67. The van der Waals surface area contributed by atoms with Crippen LogP contribution in [0.2, 0.25) is 15.1 Å². The lowest BCUT2D eigenvalue weighted by molar-refractivity contribution is -0.114. The van der Waals surface area contributed by atoms with Gasteiger partial charge >= 0.3 is 0 Å². The standard InChI is InChI=1S/C27H21Cl3N2O6S/c1-16(33)31-19-8-10-25(39(35,36)37)22(13-19)21-9-7-18(28)12-17(21)14-32(15-20-4-3-11-38-20)27(34)26-23(29)5-2-6-24(26)30/h2-13H,14-15H2,1H3,(H,31,33)(H,35,36,37). The average Bonchev–Trinajstić information content (AvgIpc) is 3.36. The topological polar surface area (TPSA) is 117 Å². The van der Waals surface area contributed by atoms with Crippen molar-refractivity contribution in [2.24, 2.45) is 0 Å². The van der Waals surface area contributed by atoms with Gasteiger partial charge in [0.15, 0.2) is 0 Å². The molecule has 0 aliphatic rings. The third kappa shape index (κ3) is 6.81. The number of rotatable bonds is 8. The van der Waals surface area contributed by atoms with Crippen LogP contribution in [0.1, 0.15) is 28.6 Å². The zero-order valence-corrected chi connectivity index (χ0v) is 23.4. The first kappa shape index (κ1) is 28.7. The maximum atomic E-state index is 13.8. The molecule has 0 aliphatic heterocycles. The minimum absolute atomic E-state index is 0.0242. The van der Waals surface area contributed by atoms with Gasteiger partial charge in [0.2, 0.25) is 5.91 Å². The highest BCUT2D eigenvalue weighted by molar-refractivity contribution is 7.86. The number of benzene rings is 3. The number of nitrogens with zero attached hydrogens (tertiary/aromatic N) is 1. The van der Waals surface area contributed by atoms with E-state index in [4.69, 9.17) is 39.2 Å². The Labute approximate surface area is 239 Å². The molecular weight excluding hydrogens is 587 g/mol. The van der Waals surface area contributed by atoms with Crippen LogP contribution in [-0.2, 0) is 28.0 Å². The van der Waals surface area contributed by atoms with Crippen LogP contribution in [0, 0.1) is 0 Å². The first-order chi connectivity index (χ1) is 18.4. The summed E-state index contributed by atoms with van der Waals surface area (Å²) in [4.78, 5) is 26.4. The summed E-state index contributed by atoms with van der Waals surface area (Å²) < 4.78 is 40.0. The molecule has 2 N–H and O–H groups in total. The molecule has 2 amide bonds. The average molecular weight is 608 g/mol. The maximum Gasteiger partial charge on any atom is 0.295 e. The van der Waals surface area contributed by atoms with Crippen molar-refractivity contribution in [1.29, 1.82) is 0 Å². The van der Waals surface area contributed by atoms with E-state index in [0.717, 1.165) is 0 Å². The van der Waals surface area contributed by atoms with Gasteiger partial charge in [-0.3, -0.25) is 14.1 Å². The fraction of sp³-hybridized carbons (Fsp3) is 0.111. The van der Waals surface area contributed by atoms with Crippen molar-refractivity contribution in [3.8, 4) is 11.1 Å². The zero-order chi connectivity index (χ0) is 28.3. The van der Waals surface area contributed by atoms with E-state index in [9.17, 15) is 22.6 Å². The lowest BCUT2D eigenvalue weighted by atomic mass is 9.98. The predicted octanol–water partition coefficient (Wildman–Crippen LogP) is 6.95. The van der Waals surface area contributed by atoms with Crippen LogP contribution in [0.15, 0.2) is 82.3 Å². The third-order valence-electron chi connectivity index (χ3n) is 5.69. The van der Waals surface area contributed by atoms with Gasteiger partial charge in [-0.05, 0) is 65.7 Å². The van der Waals surface area contributed by atoms with E-state index in [0.29, 0.717) is 27.6 Å². The highest BCUT2D eigenvalue weighted by Crippen LogP contribution is 2.35. The number of halogens is 3. The van der Waals surface area contributed by atoms with E-state index >= 15 is 0 Å². The fourth-order valence-electron chi connectivity index (χ4n) is 4.06. The molecule has 0 fully saturated rings. The van der Waals surface area contributed by atoms with Crippen LogP contribution < -0.4 is 5.32 Å². The van der Waals surface area contributed by atoms with Gasteiger partial charge < -0.3 is 14.6 Å². The van der Waals surface area contributed by atoms with Gasteiger partial charge in [0.1, 0.15) is 10.7 Å². The van der Waals surface area contributed by atoms with Crippen LogP contribution in [0.4, 0.5) is 5.69 Å². The second-order valence-electron chi connectivity index (χ2n) is 8.51. The summed E-state index contributed by atoms with van der Waals surface area (Å²) in [5, 5.41) is 3.23.